The molecule has 0 aliphatic rings. The number of halogens is 1. The largest absolute Gasteiger partial charge is 0.345 e. The molecule has 6 heteroatoms. The lowest BCUT2D eigenvalue weighted by Gasteiger charge is -2.14. The van der Waals surface area contributed by atoms with E-state index >= 15 is 0 Å². The normalized spacial score (nSPS) is 10.4. The molecule has 2 aromatic rings. The molecule has 0 unspecified atom stereocenters. The SMILES string of the molecule is CSc1ccc(C)c(C(=O)Nc2ccc(Cl)c(C(=O)N(C)C)c2)c1. The Kier molecular flexibility index (Phi) is 5.91. The minimum Gasteiger partial charge on any atom is -0.345 e. The molecule has 0 saturated heterocycles. The minimum atomic E-state index is -0.214. The van der Waals surface area contributed by atoms with Crippen molar-refractivity contribution in [2.45, 2.75) is 11.8 Å². The van der Waals surface area contributed by atoms with Crippen LogP contribution >= 0.6 is 23.4 Å². The van der Waals surface area contributed by atoms with Crippen molar-refractivity contribution >= 4 is 40.9 Å². The summed E-state index contributed by atoms with van der Waals surface area (Å²) in [6.07, 6.45) is 1.96. The molecule has 2 amide bonds. The fourth-order valence-electron chi connectivity index (χ4n) is 2.18. The number of benzene rings is 2. The van der Waals surface area contributed by atoms with E-state index in [0.717, 1.165) is 10.5 Å². The Balaban J connectivity index is 2.30. The minimum absolute atomic E-state index is 0.211. The van der Waals surface area contributed by atoms with E-state index < -0.39 is 0 Å². The van der Waals surface area contributed by atoms with Gasteiger partial charge < -0.3 is 10.2 Å². The summed E-state index contributed by atoms with van der Waals surface area (Å²) in [5, 5.41) is 3.19. The monoisotopic (exact) mass is 362 g/mol. The van der Waals surface area contributed by atoms with Crippen molar-refractivity contribution in [1.29, 1.82) is 0 Å². The fraction of sp³-hybridized carbons (Fsp3) is 0.222. The van der Waals surface area contributed by atoms with Gasteiger partial charge >= 0.3 is 0 Å². The van der Waals surface area contributed by atoms with Crippen LogP contribution in [0.2, 0.25) is 5.02 Å². The summed E-state index contributed by atoms with van der Waals surface area (Å²) < 4.78 is 0. The van der Waals surface area contributed by atoms with E-state index in [9.17, 15) is 9.59 Å². The average molecular weight is 363 g/mol. The molecule has 0 radical (unpaired) electrons. The van der Waals surface area contributed by atoms with E-state index in [-0.39, 0.29) is 11.8 Å². The van der Waals surface area contributed by atoms with Crippen LogP contribution in [0.1, 0.15) is 26.3 Å². The van der Waals surface area contributed by atoms with Gasteiger partial charge in [-0.05, 0) is 49.1 Å². The lowest BCUT2D eigenvalue weighted by Crippen LogP contribution is -2.22. The highest BCUT2D eigenvalue weighted by Crippen LogP contribution is 2.24. The predicted molar refractivity (Wildman–Crippen MR) is 100 cm³/mol. The van der Waals surface area contributed by atoms with Crippen LogP contribution in [0.5, 0.6) is 0 Å². The quantitative estimate of drug-likeness (QED) is 0.824. The van der Waals surface area contributed by atoms with Gasteiger partial charge in [-0.2, -0.15) is 0 Å². The van der Waals surface area contributed by atoms with E-state index in [4.69, 9.17) is 11.6 Å². The first-order valence-electron chi connectivity index (χ1n) is 7.30. The van der Waals surface area contributed by atoms with Crippen LogP contribution in [-0.4, -0.2) is 37.1 Å². The van der Waals surface area contributed by atoms with Crippen molar-refractivity contribution in [3.63, 3.8) is 0 Å². The number of carbonyl (C=O) groups is 2. The van der Waals surface area contributed by atoms with E-state index in [1.807, 2.05) is 31.4 Å². The first-order chi connectivity index (χ1) is 11.3. The zero-order valence-corrected chi connectivity index (χ0v) is 15.6. The average Bonchev–Trinajstić information content (AvgIpc) is 2.56. The number of hydrogen-bond acceptors (Lipinski definition) is 3. The number of amides is 2. The fourth-order valence-corrected chi connectivity index (χ4v) is 2.82. The second-order valence-corrected chi connectivity index (χ2v) is 6.82. The van der Waals surface area contributed by atoms with Gasteiger partial charge in [-0.3, -0.25) is 9.59 Å². The van der Waals surface area contributed by atoms with E-state index in [1.54, 1.807) is 44.1 Å². The molecule has 4 nitrogen and oxygen atoms in total. The van der Waals surface area contributed by atoms with Crippen LogP contribution in [0, 0.1) is 6.92 Å². The van der Waals surface area contributed by atoms with Crippen LogP contribution in [0.25, 0.3) is 0 Å². The Bertz CT molecular complexity index is 791. The summed E-state index contributed by atoms with van der Waals surface area (Å²) in [6, 6.07) is 10.6. The van der Waals surface area contributed by atoms with Crippen molar-refractivity contribution < 1.29 is 9.59 Å². The highest BCUT2D eigenvalue weighted by molar-refractivity contribution is 7.98. The van der Waals surface area contributed by atoms with Gasteiger partial charge in [0.25, 0.3) is 11.8 Å². The van der Waals surface area contributed by atoms with Crippen molar-refractivity contribution in [3.05, 3.63) is 58.1 Å². The number of nitrogens with zero attached hydrogens (tertiary/aromatic N) is 1. The van der Waals surface area contributed by atoms with E-state index in [2.05, 4.69) is 5.32 Å². The molecule has 0 fully saturated rings. The number of hydrogen-bond donors (Lipinski definition) is 1. The first kappa shape index (κ1) is 18.4. The molecule has 0 saturated carbocycles. The summed E-state index contributed by atoms with van der Waals surface area (Å²) in [5.41, 5.74) is 2.39. The second kappa shape index (κ2) is 7.73. The molecule has 0 aromatic heterocycles. The van der Waals surface area contributed by atoms with Gasteiger partial charge in [0, 0.05) is 30.2 Å². The van der Waals surface area contributed by atoms with Crippen molar-refractivity contribution in [2.75, 3.05) is 25.7 Å². The highest BCUT2D eigenvalue weighted by atomic mass is 35.5. The van der Waals surface area contributed by atoms with Crippen LogP contribution in [0.15, 0.2) is 41.3 Å². The van der Waals surface area contributed by atoms with Crippen LogP contribution < -0.4 is 5.32 Å². The number of anilines is 1. The highest BCUT2D eigenvalue weighted by Gasteiger charge is 2.15. The van der Waals surface area contributed by atoms with Gasteiger partial charge in [0.15, 0.2) is 0 Å². The molecule has 1 N–H and O–H groups in total. The van der Waals surface area contributed by atoms with Gasteiger partial charge in [-0.1, -0.05) is 17.7 Å². The maximum Gasteiger partial charge on any atom is 0.255 e. The third-order valence-corrected chi connectivity index (χ3v) is 4.61. The maximum absolute atomic E-state index is 12.6. The molecule has 2 aromatic carbocycles. The molecule has 0 aliphatic carbocycles. The van der Waals surface area contributed by atoms with Crippen molar-refractivity contribution in [3.8, 4) is 0 Å². The predicted octanol–water partition coefficient (Wildman–Crippen LogP) is 4.32. The van der Waals surface area contributed by atoms with Gasteiger partial charge in [-0.25, -0.2) is 0 Å². The molecule has 0 bridgehead atoms. The Morgan fingerprint density at radius 2 is 1.79 bits per heavy atom. The summed E-state index contributed by atoms with van der Waals surface area (Å²) in [6.45, 7) is 1.89. The number of nitrogens with one attached hydrogen (secondary N) is 1. The molecule has 0 atom stereocenters. The van der Waals surface area contributed by atoms with Gasteiger partial charge in [0.2, 0.25) is 0 Å². The summed E-state index contributed by atoms with van der Waals surface area (Å²) in [7, 11) is 3.31. The lowest BCUT2D eigenvalue weighted by atomic mass is 10.1. The third kappa shape index (κ3) is 4.10. The number of rotatable bonds is 4. The second-order valence-electron chi connectivity index (χ2n) is 5.53. The van der Waals surface area contributed by atoms with Gasteiger partial charge in [-0.15, -0.1) is 11.8 Å². The Morgan fingerprint density at radius 1 is 1.08 bits per heavy atom. The smallest absolute Gasteiger partial charge is 0.255 e. The molecule has 0 aliphatic heterocycles. The zero-order valence-electron chi connectivity index (χ0n) is 14.0. The first-order valence-corrected chi connectivity index (χ1v) is 8.91. The molecule has 0 heterocycles. The van der Waals surface area contributed by atoms with Gasteiger partial charge in [0.1, 0.15) is 0 Å². The third-order valence-electron chi connectivity index (χ3n) is 3.55. The summed E-state index contributed by atoms with van der Waals surface area (Å²) in [5.74, 6) is -0.425. The van der Waals surface area contributed by atoms with Crippen LogP contribution in [0.4, 0.5) is 5.69 Å². The summed E-state index contributed by atoms with van der Waals surface area (Å²) in [4.78, 5) is 27.2. The van der Waals surface area contributed by atoms with Crippen molar-refractivity contribution in [2.24, 2.45) is 0 Å². The van der Waals surface area contributed by atoms with E-state index in [1.165, 1.54) is 4.90 Å². The van der Waals surface area contributed by atoms with Crippen LogP contribution in [0.3, 0.4) is 0 Å². The molecule has 2 rings (SSSR count). The van der Waals surface area contributed by atoms with E-state index in [0.29, 0.717) is 21.8 Å². The van der Waals surface area contributed by atoms with Crippen LogP contribution in [-0.2, 0) is 0 Å². The zero-order chi connectivity index (χ0) is 17.9. The molecule has 126 valence electrons. The Labute approximate surface area is 151 Å². The summed E-state index contributed by atoms with van der Waals surface area (Å²) >= 11 is 7.67. The van der Waals surface area contributed by atoms with Gasteiger partial charge in [0.05, 0.1) is 10.6 Å². The standard InChI is InChI=1S/C18H19ClN2O2S/c1-11-5-7-13(24-4)10-14(11)17(22)20-12-6-8-16(19)15(9-12)18(23)21(2)3/h5-10H,1-4H3,(H,20,22). The number of carbonyl (C=O) groups excluding carboxylic acids is 2. The number of aryl methyl sites for hydroxylation is 1. The molecular formula is C18H19ClN2O2S. The number of thioether (sulfide) groups is 1. The lowest BCUT2D eigenvalue weighted by molar-refractivity contribution is 0.0827. The molecule has 0 spiro atoms. The Morgan fingerprint density at radius 3 is 2.42 bits per heavy atom. The Hall–Kier alpha value is -1.98. The molecular weight excluding hydrogens is 344 g/mol. The van der Waals surface area contributed by atoms with Crippen molar-refractivity contribution in [1.82, 2.24) is 4.90 Å². The topological polar surface area (TPSA) is 49.4 Å². The molecule has 24 heavy (non-hydrogen) atoms. The maximum atomic E-state index is 12.6.